The molecule has 0 unspecified atom stereocenters. The molecule has 2 aromatic carbocycles. The summed E-state index contributed by atoms with van der Waals surface area (Å²) in [5.41, 5.74) is 8.50. The van der Waals surface area contributed by atoms with Crippen LogP contribution in [0.5, 0.6) is 11.5 Å². The van der Waals surface area contributed by atoms with E-state index >= 15 is 0 Å². The lowest BCUT2D eigenvalue weighted by molar-refractivity contribution is 0.0732. The van der Waals surface area contributed by atoms with Gasteiger partial charge in [0, 0.05) is 11.8 Å². The molecular weight excluding hydrogens is 346 g/mol. The molecule has 3 rings (SSSR count). The number of nitrogens with two attached hydrogens (primary N) is 1. The fraction of sp³-hybridized carbons (Fsp3) is 0.150. The highest BCUT2D eigenvalue weighted by atomic mass is 16.5. The normalized spacial score (nSPS) is 10.5. The van der Waals surface area contributed by atoms with Crippen LogP contribution in [-0.4, -0.2) is 28.8 Å². The third-order valence-corrected chi connectivity index (χ3v) is 4.01. The van der Waals surface area contributed by atoms with E-state index in [0.717, 1.165) is 17.1 Å². The number of ether oxygens (including phenoxy) is 2. The second-order valence-corrected chi connectivity index (χ2v) is 6.00. The topological polar surface area (TPSA) is 96.4 Å². The molecule has 0 spiro atoms. The van der Waals surface area contributed by atoms with Crippen molar-refractivity contribution in [3.63, 3.8) is 0 Å². The number of hydrogen-bond donors (Lipinski definition) is 1. The third kappa shape index (κ3) is 3.82. The molecule has 27 heavy (non-hydrogen) atoms. The summed E-state index contributed by atoms with van der Waals surface area (Å²) in [6.45, 7) is 3.87. The minimum absolute atomic E-state index is 0.0504. The van der Waals surface area contributed by atoms with Crippen molar-refractivity contribution in [3.05, 3.63) is 71.0 Å². The van der Waals surface area contributed by atoms with E-state index in [1.54, 1.807) is 35.0 Å². The van der Waals surface area contributed by atoms with Gasteiger partial charge in [-0.05, 0) is 56.3 Å². The Labute approximate surface area is 156 Å². The van der Waals surface area contributed by atoms with Crippen LogP contribution in [0, 0.1) is 13.8 Å². The molecule has 1 aromatic heterocycles. The highest BCUT2D eigenvalue weighted by Crippen LogP contribution is 2.25. The molecule has 0 saturated heterocycles. The van der Waals surface area contributed by atoms with Crippen LogP contribution in [-0.2, 0) is 0 Å². The number of primary amides is 1. The number of esters is 1. The summed E-state index contributed by atoms with van der Waals surface area (Å²) in [7, 11) is 1.47. The van der Waals surface area contributed by atoms with Gasteiger partial charge in [0.05, 0.1) is 29.6 Å². The van der Waals surface area contributed by atoms with E-state index in [1.807, 2.05) is 19.9 Å². The van der Waals surface area contributed by atoms with Gasteiger partial charge < -0.3 is 15.2 Å². The first-order valence-electron chi connectivity index (χ1n) is 8.23. The van der Waals surface area contributed by atoms with Crippen molar-refractivity contribution in [2.75, 3.05) is 7.11 Å². The molecule has 138 valence electrons. The van der Waals surface area contributed by atoms with Gasteiger partial charge in [0.2, 0.25) is 0 Å². The molecule has 0 aliphatic rings. The van der Waals surface area contributed by atoms with E-state index in [9.17, 15) is 9.59 Å². The van der Waals surface area contributed by atoms with Gasteiger partial charge in [-0.25, -0.2) is 9.48 Å². The summed E-state index contributed by atoms with van der Waals surface area (Å²) in [6, 6.07) is 13.3. The van der Waals surface area contributed by atoms with Crippen molar-refractivity contribution in [1.82, 2.24) is 9.78 Å². The van der Waals surface area contributed by atoms with Crippen LogP contribution >= 0.6 is 0 Å². The molecule has 0 saturated carbocycles. The Morgan fingerprint density at radius 1 is 1.04 bits per heavy atom. The molecule has 0 atom stereocenters. The molecule has 1 amide bonds. The lowest BCUT2D eigenvalue weighted by atomic mass is 10.1. The number of hydrogen-bond acceptors (Lipinski definition) is 5. The number of rotatable bonds is 5. The van der Waals surface area contributed by atoms with Crippen LogP contribution in [0.15, 0.2) is 48.5 Å². The van der Waals surface area contributed by atoms with Gasteiger partial charge in [-0.2, -0.15) is 5.10 Å². The van der Waals surface area contributed by atoms with Crippen LogP contribution in [0.4, 0.5) is 0 Å². The van der Waals surface area contributed by atoms with Crippen LogP contribution in [0.2, 0.25) is 0 Å². The first-order chi connectivity index (χ1) is 12.9. The largest absolute Gasteiger partial charge is 0.497 e. The van der Waals surface area contributed by atoms with E-state index in [0.29, 0.717) is 11.3 Å². The van der Waals surface area contributed by atoms with Gasteiger partial charge in [0.1, 0.15) is 11.5 Å². The summed E-state index contributed by atoms with van der Waals surface area (Å²) in [5, 5.41) is 4.41. The Hall–Kier alpha value is -3.61. The molecule has 0 aliphatic carbocycles. The van der Waals surface area contributed by atoms with Crippen LogP contribution in [0.3, 0.4) is 0 Å². The zero-order valence-corrected chi connectivity index (χ0v) is 15.2. The Kier molecular flexibility index (Phi) is 4.94. The number of carbonyl (C=O) groups excluding carboxylic acids is 2. The predicted octanol–water partition coefficient (Wildman–Crippen LogP) is 2.82. The molecule has 3 aromatic rings. The highest BCUT2D eigenvalue weighted by Gasteiger charge is 2.16. The third-order valence-electron chi connectivity index (χ3n) is 4.01. The van der Waals surface area contributed by atoms with Gasteiger partial charge in [0.25, 0.3) is 5.91 Å². The number of amides is 1. The molecule has 0 fully saturated rings. The van der Waals surface area contributed by atoms with Gasteiger partial charge in [-0.3, -0.25) is 4.79 Å². The van der Waals surface area contributed by atoms with Gasteiger partial charge >= 0.3 is 5.97 Å². The minimum Gasteiger partial charge on any atom is -0.497 e. The number of carbonyl (C=O) groups is 2. The Balaban J connectivity index is 1.85. The molecule has 0 bridgehead atoms. The fourth-order valence-corrected chi connectivity index (χ4v) is 2.71. The lowest BCUT2D eigenvalue weighted by Gasteiger charge is -2.10. The van der Waals surface area contributed by atoms with Crippen molar-refractivity contribution < 1.29 is 19.1 Å². The van der Waals surface area contributed by atoms with Crippen LogP contribution in [0.1, 0.15) is 32.1 Å². The average molecular weight is 365 g/mol. The maximum Gasteiger partial charge on any atom is 0.343 e. The summed E-state index contributed by atoms with van der Waals surface area (Å²) in [6.07, 6.45) is 0. The number of aromatic nitrogens is 2. The molecule has 0 aliphatic heterocycles. The Bertz CT molecular complexity index is 1010. The smallest absolute Gasteiger partial charge is 0.343 e. The summed E-state index contributed by atoms with van der Waals surface area (Å²) >= 11 is 0. The zero-order chi connectivity index (χ0) is 19.6. The Morgan fingerprint density at radius 2 is 1.74 bits per heavy atom. The average Bonchev–Trinajstić information content (AvgIpc) is 2.99. The van der Waals surface area contributed by atoms with E-state index in [4.69, 9.17) is 15.2 Å². The van der Waals surface area contributed by atoms with Gasteiger partial charge in [-0.15, -0.1) is 0 Å². The first-order valence-corrected chi connectivity index (χ1v) is 8.23. The number of benzene rings is 2. The molecule has 7 heteroatoms. The maximum absolute atomic E-state index is 12.5. The monoisotopic (exact) mass is 365 g/mol. The zero-order valence-electron chi connectivity index (χ0n) is 15.2. The van der Waals surface area contributed by atoms with Crippen molar-refractivity contribution in [2.45, 2.75) is 13.8 Å². The van der Waals surface area contributed by atoms with E-state index in [2.05, 4.69) is 5.10 Å². The summed E-state index contributed by atoms with van der Waals surface area (Å²) in [5.74, 6) is -0.803. The molecular formula is C20H19N3O4. The number of aryl methyl sites for hydroxylation is 2. The quantitative estimate of drug-likeness (QED) is 0.554. The standard InChI is InChI=1S/C20H19N3O4/c1-12-10-13(2)23(22-12)15-6-4-14(5-7-15)20(25)27-18-11-16(26-3)8-9-17(18)19(21)24/h4-11H,1-3H3,(H2,21,24). The van der Waals surface area contributed by atoms with Crippen molar-refractivity contribution in [2.24, 2.45) is 5.73 Å². The fourth-order valence-electron chi connectivity index (χ4n) is 2.71. The highest BCUT2D eigenvalue weighted by molar-refractivity contribution is 5.98. The second-order valence-electron chi connectivity index (χ2n) is 6.00. The van der Waals surface area contributed by atoms with E-state index in [-0.39, 0.29) is 11.3 Å². The van der Waals surface area contributed by atoms with Gasteiger partial charge in [0.15, 0.2) is 0 Å². The minimum atomic E-state index is -0.694. The summed E-state index contributed by atoms with van der Waals surface area (Å²) in [4.78, 5) is 24.0. The first kappa shape index (κ1) is 18.2. The predicted molar refractivity (Wildman–Crippen MR) is 99.5 cm³/mol. The van der Waals surface area contributed by atoms with E-state index < -0.39 is 11.9 Å². The van der Waals surface area contributed by atoms with Crippen molar-refractivity contribution >= 4 is 11.9 Å². The molecule has 0 radical (unpaired) electrons. The summed E-state index contributed by atoms with van der Waals surface area (Å²) < 4.78 is 12.3. The van der Waals surface area contributed by atoms with Crippen LogP contribution < -0.4 is 15.2 Å². The maximum atomic E-state index is 12.5. The number of methoxy groups -OCH3 is 1. The molecule has 2 N–H and O–H groups in total. The van der Waals surface area contributed by atoms with Crippen molar-refractivity contribution in [1.29, 1.82) is 0 Å². The van der Waals surface area contributed by atoms with Gasteiger partial charge in [-0.1, -0.05) is 0 Å². The van der Waals surface area contributed by atoms with Crippen molar-refractivity contribution in [3.8, 4) is 17.2 Å². The van der Waals surface area contributed by atoms with E-state index in [1.165, 1.54) is 19.2 Å². The lowest BCUT2D eigenvalue weighted by Crippen LogP contribution is -2.16. The van der Waals surface area contributed by atoms with Crippen LogP contribution in [0.25, 0.3) is 5.69 Å². The molecule has 1 heterocycles. The molecule has 7 nitrogen and oxygen atoms in total. The number of nitrogens with zero attached hydrogens (tertiary/aromatic N) is 2. The SMILES string of the molecule is COc1ccc(C(N)=O)c(OC(=O)c2ccc(-n3nc(C)cc3C)cc2)c1. The second kappa shape index (κ2) is 7.33. The Morgan fingerprint density at radius 3 is 2.30 bits per heavy atom.